The Morgan fingerprint density at radius 3 is 2.88 bits per heavy atom. The van der Waals surface area contributed by atoms with Crippen LogP contribution in [0.4, 0.5) is 0 Å². The summed E-state index contributed by atoms with van der Waals surface area (Å²) in [4.78, 5) is 0. The molecule has 3 nitrogen and oxygen atoms in total. The summed E-state index contributed by atoms with van der Waals surface area (Å²) in [6.07, 6.45) is 8.24. The zero-order valence-electron chi connectivity index (χ0n) is 10.4. The van der Waals surface area contributed by atoms with Gasteiger partial charge in [0, 0.05) is 19.7 Å². The molecule has 1 aliphatic rings. The third kappa shape index (κ3) is 5.10. The van der Waals surface area contributed by atoms with Crippen LogP contribution in [0, 0.1) is 0 Å². The van der Waals surface area contributed by atoms with Crippen LogP contribution in [0.3, 0.4) is 0 Å². The third-order valence-electron chi connectivity index (χ3n) is 3.12. The maximum Gasteiger partial charge on any atom is 0.0724 e. The monoisotopic (exact) mass is 227 g/mol. The van der Waals surface area contributed by atoms with Gasteiger partial charge in [0.05, 0.1) is 19.3 Å². The normalized spacial score (nSPS) is 25.6. The SMILES string of the molecule is C=CCCOCCNC1CCCCC1OC. The molecule has 1 fully saturated rings. The van der Waals surface area contributed by atoms with Gasteiger partial charge in [0.25, 0.3) is 0 Å². The summed E-state index contributed by atoms with van der Waals surface area (Å²) in [5, 5.41) is 3.52. The molecule has 16 heavy (non-hydrogen) atoms. The van der Waals surface area contributed by atoms with Gasteiger partial charge in [-0.2, -0.15) is 0 Å². The molecule has 2 atom stereocenters. The molecule has 1 N–H and O–H groups in total. The molecule has 3 heteroatoms. The number of hydrogen-bond acceptors (Lipinski definition) is 3. The first kappa shape index (κ1) is 13.7. The minimum absolute atomic E-state index is 0.391. The van der Waals surface area contributed by atoms with Crippen LogP contribution in [0.2, 0.25) is 0 Å². The fraction of sp³-hybridized carbons (Fsp3) is 0.846. The van der Waals surface area contributed by atoms with E-state index in [-0.39, 0.29) is 0 Å². The molecule has 0 radical (unpaired) electrons. The Bertz CT molecular complexity index is 185. The number of nitrogens with one attached hydrogen (secondary N) is 1. The zero-order valence-corrected chi connectivity index (χ0v) is 10.4. The van der Waals surface area contributed by atoms with Gasteiger partial charge < -0.3 is 14.8 Å². The summed E-state index contributed by atoms with van der Waals surface area (Å²) in [7, 11) is 1.81. The molecule has 0 bridgehead atoms. The number of methoxy groups -OCH3 is 1. The van der Waals surface area contributed by atoms with Crippen LogP contribution >= 0.6 is 0 Å². The number of ether oxygens (including phenoxy) is 2. The number of rotatable bonds is 8. The molecule has 1 rings (SSSR count). The number of hydrogen-bond donors (Lipinski definition) is 1. The lowest BCUT2D eigenvalue weighted by atomic mass is 9.92. The lowest BCUT2D eigenvalue weighted by molar-refractivity contribution is 0.0380. The maximum absolute atomic E-state index is 5.48. The van der Waals surface area contributed by atoms with Crippen LogP contribution in [0.25, 0.3) is 0 Å². The van der Waals surface area contributed by atoms with E-state index in [9.17, 15) is 0 Å². The lowest BCUT2D eigenvalue weighted by Crippen LogP contribution is -2.44. The summed E-state index contributed by atoms with van der Waals surface area (Å²) in [5.74, 6) is 0. The van der Waals surface area contributed by atoms with Crippen LogP contribution in [-0.4, -0.2) is 39.0 Å². The van der Waals surface area contributed by atoms with Gasteiger partial charge >= 0.3 is 0 Å². The van der Waals surface area contributed by atoms with Crippen molar-refractivity contribution in [3.8, 4) is 0 Å². The van der Waals surface area contributed by atoms with Gasteiger partial charge in [0.15, 0.2) is 0 Å². The predicted octanol–water partition coefficient (Wildman–Crippen LogP) is 2.13. The van der Waals surface area contributed by atoms with E-state index in [2.05, 4.69) is 11.9 Å². The highest BCUT2D eigenvalue weighted by Gasteiger charge is 2.23. The van der Waals surface area contributed by atoms with E-state index in [0.29, 0.717) is 12.1 Å². The second kappa shape index (κ2) is 8.74. The molecule has 0 aromatic heterocycles. The smallest absolute Gasteiger partial charge is 0.0724 e. The van der Waals surface area contributed by atoms with Crippen molar-refractivity contribution in [2.24, 2.45) is 0 Å². The quantitative estimate of drug-likeness (QED) is 0.509. The van der Waals surface area contributed by atoms with Crippen molar-refractivity contribution in [2.45, 2.75) is 44.2 Å². The van der Waals surface area contributed by atoms with E-state index in [1.807, 2.05) is 13.2 Å². The molecular weight excluding hydrogens is 202 g/mol. The fourth-order valence-electron chi connectivity index (χ4n) is 2.20. The maximum atomic E-state index is 5.48. The first-order valence-electron chi connectivity index (χ1n) is 6.33. The van der Waals surface area contributed by atoms with Crippen LogP contribution < -0.4 is 5.32 Å². The van der Waals surface area contributed by atoms with E-state index >= 15 is 0 Å². The summed E-state index contributed by atoms with van der Waals surface area (Å²) in [6, 6.07) is 0.516. The zero-order chi connectivity index (χ0) is 11.6. The van der Waals surface area contributed by atoms with Crippen molar-refractivity contribution < 1.29 is 9.47 Å². The van der Waals surface area contributed by atoms with Crippen molar-refractivity contribution in [1.82, 2.24) is 5.32 Å². The first-order valence-corrected chi connectivity index (χ1v) is 6.33. The Labute approximate surface area is 99.2 Å². The van der Waals surface area contributed by atoms with Gasteiger partial charge in [-0.1, -0.05) is 18.9 Å². The van der Waals surface area contributed by atoms with Gasteiger partial charge in [0.1, 0.15) is 0 Å². The molecule has 2 unspecified atom stereocenters. The second-order valence-corrected chi connectivity index (χ2v) is 4.31. The average Bonchev–Trinajstić information content (AvgIpc) is 2.34. The standard InChI is InChI=1S/C13H25NO2/c1-3-4-10-16-11-9-14-12-7-5-6-8-13(12)15-2/h3,12-14H,1,4-11H2,2H3. The van der Waals surface area contributed by atoms with Gasteiger partial charge in [0.2, 0.25) is 0 Å². The topological polar surface area (TPSA) is 30.5 Å². The van der Waals surface area contributed by atoms with E-state index < -0.39 is 0 Å². The fourth-order valence-corrected chi connectivity index (χ4v) is 2.20. The van der Waals surface area contributed by atoms with Crippen molar-refractivity contribution in [1.29, 1.82) is 0 Å². The summed E-state index contributed by atoms with van der Waals surface area (Å²) in [5.41, 5.74) is 0. The Morgan fingerprint density at radius 1 is 1.31 bits per heavy atom. The van der Waals surface area contributed by atoms with E-state index in [0.717, 1.165) is 26.2 Å². The van der Waals surface area contributed by atoms with E-state index in [4.69, 9.17) is 9.47 Å². The molecule has 0 saturated heterocycles. The van der Waals surface area contributed by atoms with Crippen LogP contribution in [0.15, 0.2) is 12.7 Å². The molecule has 0 spiro atoms. The van der Waals surface area contributed by atoms with Crippen LogP contribution in [0.5, 0.6) is 0 Å². The largest absolute Gasteiger partial charge is 0.380 e. The molecule has 0 heterocycles. The molecule has 0 amide bonds. The first-order chi connectivity index (χ1) is 7.88. The van der Waals surface area contributed by atoms with Gasteiger partial charge in [-0.25, -0.2) is 0 Å². The average molecular weight is 227 g/mol. The minimum Gasteiger partial charge on any atom is -0.380 e. The molecule has 1 aliphatic carbocycles. The van der Waals surface area contributed by atoms with E-state index in [1.165, 1.54) is 25.7 Å². The lowest BCUT2D eigenvalue weighted by Gasteiger charge is -2.31. The van der Waals surface area contributed by atoms with Gasteiger partial charge in [-0.3, -0.25) is 0 Å². The molecule has 0 aromatic carbocycles. The summed E-state index contributed by atoms with van der Waals surface area (Å²) in [6.45, 7) is 6.14. The van der Waals surface area contributed by atoms with Gasteiger partial charge in [-0.05, 0) is 19.3 Å². The van der Waals surface area contributed by atoms with Crippen LogP contribution in [0.1, 0.15) is 32.1 Å². The van der Waals surface area contributed by atoms with Gasteiger partial charge in [-0.15, -0.1) is 6.58 Å². The van der Waals surface area contributed by atoms with Crippen LogP contribution in [-0.2, 0) is 9.47 Å². The van der Waals surface area contributed by atoms with E-state index in [1.54, 1.807) is 0 Å². The highest BCUT2D eigenvalue weighted by atomic mass is 16.5. The molecule has 0 aromatic rings. The van der Waals surface area contributed by atoms with Crippen molar-refractivity contribution >= 4 is 0 Å². The predicted molar refractivity (Wildman–Crippen MR) is 66.7 cm³/mol. The Kier molecular flexibility index (Phi) is 7.47. The Balaban J connectivity index is 2.03. The third-order valence-corrected chi connectivity index (χ3v) is 3.12. The molecule has 1 saturated carbocycles. The Morgan fingerprint density at radius 2 is 2.12 bits per heavy atom. The van der Waals surface area contributed by atoms with Crippen molar-refractivity contribution in [2.75, 3.05) is 26.9 Å². The summed E-state index contributed by atoms with van der Waals surface area (Å²) < 4.78 is 10.9. The molecule has 94 valence electrons. The second-order valence-electron chi connectivity index (χ2n) is 4.31. The highest BCUT2D eigenvalue weighted by molar-refractivity contribution is 4.81. The Hall–Kier alpha value is -0.380. The molecule has 0 aliphatic heterocycles. The summed E-state index contributed by atoms with van der Waals surface area (Å²) >= 11 is 0. The highest BCUT2D eigenvalue weighted by Crippen LogP contribution is 2.20. The van der Waals surface area contributed by atoms with Crippen molar-refractivity contribution in [3.05, 3.63) is 12.7 Å². The van der Waals surface area contributed by atoms with Crippen molar-refractivity contribution in [3.63, 3.8) is 0 Å². The molecular formula is C13H25NO2. The minimum atomic E-state index is 0.391.